The van der Waals surface area contributed by atoms with E-state index in [0.717, 1.165) is 21.6 Å². The summed E-state index contributed by atoms with van der Waals surface area (Å²) in [4.78, 5) is 12.7. The van der Waals surface area contributed by atoms with Gasteiger partial charge in [0.15, 0.2) is 0 Å². The van der Waals surface area contributed by atoms with Gasteiger partial charge in [-0.05, 0) is 61.4 Å². The van der Waals surface area contributed by atoms with E-state index in [9.17, 15) is 18.3 Å². The number of carbonyl (C=O) groups is 1. The van der Waals surface area contributed by atoms with E-state index >= 15 is 0 Å². The quantitative estimate of drug-likeness (QED) is 0.360. The van der Waals surface area contributed by atoms with Crippen molar-refractivity contribution in [3.8, 4) is 5.75 Å². The first-order valence-corrected chi connectivity index (χ1v) is 11.9. The zero-order chi connectivity index (χ0) is 24.2. The summed E-state index contributed by atoms with van der Waals surface area (Å²) in [6.07, 6.45) is 1.16. The first-order valence-electron chi connectivity index (χ1n) is 9.74. The van der Waals surface area contributed by atoms with E-state index in [0.29, 0.717) is 5.69 Å². The molecule has 0 heterocycles. The van der Waals surface area contributed by atoms with Gasteiger partial charge in [0, 0.05) is 10.6 Å². The first-order chi connectivity index (χ1) is 15.6. The second kappa shape index (κ2) is 10.2. The Morgan fingerprint density at radius 3 is 2.42 bits per heavy atom. The number of sulfonamides is 1. The van der Waals surface area contributed by atoms with Gasteiger partial charge >= 0.3 is 0 Å². The molecule has 0 atom stereocenters. The number of carbonyl (C=O) groups excluding carboxylic acids is 1. The number of amides is 1. The molecule has 0 aliphatic carbocycles. The van der Waals surface area contributed by atoms with Crippen molar-refractivity contribution in [2.24, 2.45) is 5.10 Å². The van der Waals surface area contributed by atoms with Crippen LogP contribution in [0.5, 0.6) is 5.75 Å². The van der Waals surface area contributed by atoms with Gasteiger partial charge in [0.25, 0.3) is 15.9 Å². The number of anilines is 1. The minimum Gasteiger partial charge on any atom is -0.506 e. The molecule has 7 nitrogen and oxygen atoms in total. The number of hydrogen-bond donors (Lipinski definition) is 2. The molecule has 0 fully saturated rings. The fourth-order valence-electron chi connectivity index (χ4n) is 2.94. The van der Waals surface area contributed by atoms with Gasteiger partial charge in [0.1, 0.15) is 12.3 Å². The number of rotatable bonds is 7. The molecule has 0 spiro atoms. The van der Waals surface area contributed by atoms with Crippen LogP contribution < -0.4 is 9.73 Å². The summed E-state index contributed by atoms with van der Waals surface area (Å²) in [7, 11) is -4.03. The molecule has 10 heteroatoms. The largest absolute Gasteiger partial charge is 0.506 e. The molecule has 3 aromatic rings. The Hall–Kier alpha value is -3.07. The van der Waals surface area contributed by atoms with Gasteiger partial charge < -0.3 is 5.11 Å². The minimum absolute atomic E-state index is 0.0325. The topological polar surface area (TPSA) is 99.1 Å². The summed E-state index contributed by atoms with van der Waals surface area (Å²) < 4.78 is 27.7. The molecule has 3 rings (SSSR count). The van der Waals surface area contributed by atoms with E-state index in [1.165, 1.54) is 24.3 Å². The summed E-state index contributed by atoms with van der Waals surface area (Å²) in [5, 5.41) is 14.1. The summed E-state index contributed by atoms with van der Waals surface area (Å²) in [6, 6.07) is 15.8. The maximum Gasteiger partial charge on any atom is 0.264 e. The third kappa shape index (κ3) is 5.84. The standard InChI is InChI=1S/C23H21Cl2N3O4S/c1-15-8-9-19(10-16(15)2)28(33(31,32)20-6-4-3-5-7-20)14-22(29)27-26-13-17-11-18(24)12-21(25)23(17)30/h3-13,30H,14H2,1-2H3,(H,27,29). The number of nitrogens with one attached hydrogen (secondary N) is 1. The number of phenols is 1. The maximum atomic E-state index is 13.3. The van der Waals surface area contributed by atoms with Crippen LogP contribution in [0.2, 0.25) is 10.0 Å². The maximum absolute atomic E-state index is 13.3. The Morgan fingerprint density at radius 1 is 1.06 bits per heavy atom. The Kier molecular flexibility index (Phi) is 7.63. The fraction of sp³-hybridized carbons (Fsp3) is 0.130. The number of aryl methyl sites for hydroxylation is 2. The molecule has 172 valence electrons. The van der Waals surface area contributed by atoms with Crippen molar-refractivity contribution < 1.29 is 18.3 Å². The minimum atomic E-state index is -4.03. The highest BCUT2D eigenvalue weighted by atomic mass is 35.5. The molecule has 0 aliphatic heterocycles. The highest BCUT2D eigenvalue weighted by Crippen LogP contribution is 2.30. The Balaban J connectivity index is 1.87. The van der Waals surface area contributed by atoms with Crippen LogP contribution in [-0.4, -0.2) is 32.2 Å². The van der Waals surface area contributed by atoms with Crippen molar-refractivity contribution in [3.63, 3.8) is 0 Å². The van der Waals surface area contributed by atoms with Crippen LogP contribution in [0.1, 0.15) is 16.7 Å². The lowest BCUT2D eigenvalue weighted by atomic mass is 10.1. The number of halogens is 2. The van der Waals surface area contributed by atoms with Crippen LogP contribution in [0, 0.1) is 13.8 Å². The molecule has 0 unspecified atom stereocenters. The molecule has 0 aromatic heterocycles. The lowest BCUT2D eigenvalue weighted by Gasteiger charge is -2.24. The smallest absolute Gasteiger partial charge is 0.264 e. The van der Waals surface area contributed by atoms with Gasteiger partial charge in [-0.3, -0.25) is 9.10 Å². The predicted molar refractivity (Wildman–Crippen MR) is 131 cm³/mol. The third-order valence-corrected chi connectivity index (χ3v) is 7.14. The van der Waals surface area contributed by atoms with Gasteiger partial charge in [-0.25, -0.2) is 13.8 Å². The van der Waals surface area contributed by atoms with Crippen LogP contribution in [0.15, 0.2) is 70.7 Å². The van der Waals surface area contributed by atoms with Crippen molar-refractivity contribution in [3.05, 3.63) is 87.4 Å². The van der Waals surface area contributed by atoms with Gasteiger partial charge in [-0.2, -0.15) is 5.10 Å². The zero-order valence-electron chi connectivity index (χ0n) is 17.8. The normalized spacial score (nSPS) is 11.5. The van der Waals surface area contributed by atoms with Gasteiger partial charge in [0.05, 0.1) is 21.8 Å². The average molecular weight is 506 g/mol. The van der Waals surface area contributed by atoms with Crippen LogP contribution in [0.4, 0.5) is 5.69 Å². The third-order valence-electron chi connectivity index (χ3n) is 4.85. The Bertz CT molecular complexity index is 1310. The second-order valence-electron chi connectivity index (χ2n) is 7.21. The Labute approximate surface area is 202 Å². The van der Waals surface area contributed by atoms with Crippen LogP contribution in [-0.2, 0) is 14.8 Å². The summed E-state index contributed by atoms with van der Waals surface area (Å²) in [5.41, 5.74) is 4.68. The molecule has 1 amide bonds. The highest BCUT2D eigenvalue weighted by Gasteiger charge is 2.27. The average Bonchev–Trinajstić information content (AvgIpc) is 2.78. The number of benzene rings is 3. The lowest BCUT2D eigenvalue weighted by Crippen LogP contribution is -2.39. The predicted octanol–water partition coefficient (Wildman–Crippen LogP) is 4.66. The van der Waals surface area contributed by atoms with E-state index in [2.05, 4.69) is 10.5 Å². The Morgan fingerprint density at radius 2 is 1.76 bits per heavy atom. The fourth-order valence-corrected chi connectivity index (χ4v) is 4.88. The SMILES string of the molecule is Cc1ccc(N(CC(=O)NN=Cc2cc(Cl)cc(Cl)c2O)S(=O)(=O)c2ccccc2)cc1C. The van der Waals surface area contributed by atoms with Crippen molar-refractivity contribution in [2.45, 2.75) is 18.7 Å². The molecule has 33 heavy (non-hydrogen) atoms. The van der Waals surface area contributed by atoms with Crippen LogP contribution in [0.3, 0.4) is 0 Å². The molecular formula is C23H21Cl2N3O4S. The molecular weight excluding hydrogens is 485 g/mol. The number of hydrogen-bond acceptors (Lipinski definition) is 5. The molecule has 2 N–H and O–H groups in total. The van der Waals surface area contributed by atoms with E-state index in [1.54, 1.807) is 36.4 Å². The number of hydrazone groups is 1. The summed E-state index contributed by atoms with van der Waals surface area (Å²) >= 11 is 11.8. The zero-order valence-corrected chi connectivity index (χ0v) is 20.1. The van der Waals surface area contributed by atoms with Gasteiger partial charge in [-0.1, -0.05) is 47.5 Å². The highest BCUT2D eigenvalue weighted by molar-refractivity contribution is 7.92. The molecule has 3 aromatic carbocycles. The monoisotopic (exact) mass is 505 g/mol. The molecule has 0 radical (unpaired) electrons. The molecule has 0 saturated carbocycles. The van der Waals surface area contributed by atoms with Gasteiger partial charge in [0.2, 0.25) is 0 Å². The van der Waals surface area contributed by atoms with Crippen molar-refractivity contribution in [1.82, 2.24) is 5.43 Å². The number of aromatic hydroxyl groups is 1. The first kappa shape index (κ1) is 24.6. The van der Waals surface area contributed by atoms with E-state index in [1.807, 2.05) is 13.8 Å². The number of phenolic OH excluding ortho intramolecular Hbond substituents is 1. The second-order valence-corrected chi connectivity index (χ2v) is 9.92. The van der Waals surface area contributed by atoms with Crippen molar-refractivity contribution >= 4 is 51.0 Å². The van der Waals surface area contributed by atoms with Crippen molar-refractivity contribution in [2.75, 3.05) is 10.8 Å². The van der Waals surface area contributed by atoms with Crippen LogP contribution in [0.25, 0.3) is 0 Å². The summed E-state index contributed by atoms with van der Waals surface area (Å²) in [6.45, 7) is 3.26. The van der Waals surface area contributed by atoms with Gasteiger partial charge in [-0.15, -0.1) is 0 Å². The summed E-state index contributed by atoms with van der Waals surface area (Å²) in [5.74, 6) is -0.931. The lowest BCUT2D eigenvalue weighted by molar-refractivity contribution is -0.119. The van der Waals surface area contributed by atoms with E-state index in [4.69, 9.17) is 23.2 Å². The molecule has 0 saturated heterocycles. The van der Waals surface area contributed by atoms with Crippen molar-refractivity contribution in [1.29, 1.82) is 0 Å². The van der Waals surface area contributed by atoms with Crippen LogP contribution >= 0.6 is 23.2 Å². The van der Waals surface area contributed by atoms with E-state index < -0.39 is 22.5 Å². The molecule has 0 bridgehead atoms. The van der Waals surface area contributed by atoms with E-state index in [-0.39, 0.29) is 26.3 Å². The number of nitrogens with zero attached hydrogens (tertiary/aromatic N) is 2. The molecule has 0 aliphatic rings.